The van der Waals surface area contributed by atoms with Gasteiger partial charge in [-0.3, -0.25) is 4.79 Å². The molecule has 0 saturated heterocycles. The summed E-state index contributed by atoms with van der Waals surface area (Å²) in [7, 11) is 3.19. The molecule has 2 aromatic carbocycles. The minimum absolute atomic E-state index is 0.292. The summed E-state index contributed by atoms with van der Waals surface area (Å²) >= 11 is 1.06. The van der Waals surface area contributed by atoms with Gasteiger partial charge in [0.15, 0.2) is 5.76 Å². The lowest BCUT2D eigenvalue weighted by Gasteiger charge is -2.05. The van der Waals surface area contributed by atoms with Crippen molar-refractivity contribution in [2.24, 2.45) is 0 Å². The monoisotopic (exact) mass is 385 g/mol. The van der Waals surface area contributed by atoms with Gasteiger partial charge in [0, 0.05) is 11.1 Å². The zero-order chi connectivity index (χ0) is 19.4. The van der Waals surface area contributed by atoms with Crippen molar-refractivity contribution in [2.75, 3.05) is 14.2 Å². The van der Waals surface area contributed by atoms with Crippen molar-refractivity contribution in [3.05, 3.63) is 48.5 Å². The summed E-state index contributed by atoms with van der Waals surface area (Å²) in [5.74, 6) is 1.00. The summed E-state index contributed by atoms with van der Waals surface area (Å²) in [6, 6.07) is 14.9. The summed E-state index contributed by atoms with van der Waals surface area (Å²) in [5.41, 5.74) is 2.21. The maximum Gasteiger partial charge on any atom is 0.316 e. The number of nitrogens with zero attached hydrogens (tertiary/aromatic N) is 1. The molecule has 6 nitrogen and oxygen atoms in total. The van der Waals surface area contributed by atoms with Crippen LogP contribution < -0.4 is 9.47 Å². The molecule has 0 saturated carbocycles. The quantitative estimate of drug-likeness (QED) is 0.596. The van der Waals surface area contributed by atoms with Crippen LogP contribution in [0.25, 0.3) is 22.6 Å². The summed E-state index contributed by atoms with van der Waals surface area (Å²) in [6.45, 7) is 1.59. The van der Waals surface area contributed by atoms with E-state index in [0.717, 1.165) is 22.9 Å². The average Bonchev–Trinajstić information content (AvgIpc) is 3.11. The Hall–Kier alpha value is -2.93. The number of hydrogen-bond donors (Lipinski definition) is 1. The van der Waals surface area contributed by atoms with Crippen LogP contribution in [0.15, 0.2) is 58.2 Å². The second kappa shape index (κ2) is 8.18. The molecule has 0 spiro atoms. The molecule has 1 atom stereocenters. The number of carboxylic acid groups (broad SMARTS) is 1. The maximum absolute atomic E-state index is 11.2. The Morgan fingerprint density at radius 3 is 2.26 bits per heavy atom. The molecule has 0 fully saturated rings. The van der Waals surface area contributed by atoms with Gasteiger partial charge in [0.1, 0.15) is 22.4 Å². The third kappa shape index (κ3) is 4.25. The number of aliphatic carboxylic acids is 1. The molecule has 0 aliphatic rings. The van der Waals surface area contributed by atoms with Crippen molar-refractivity contribution < 1.29 is 23.8 Å². The van der Waals surface area contributed by atoms with Crippen LogP contribution in [0, 0.1) is 0 Å². The minimum atomic E-state index is -0.927. The number of benzene rings is 2. The predicted molar refractivity (Wildman–Crippen MR) is 103 cm³/mol. The van der Waals surface area contributed by atoms with Gasteiger partial charge in [0.05, 0.1) is 14.2 Å². The van der Waals surface area contributed by atoms with Crippen molar-refractivity contribution in [2.45, 2.75) is 17.4 Å². The zero-order valence-corrected chi connectivity index (χ0v) is 15.9. The summed E-state index contributed by atoms with van der Waals surface area (Å²) in [4.78, 5) is 15.7. The Balaban J connectivity index is 2.11. The molecule has 0 aliphatic carbocycles. The molecule has 3 rings (SSSR count). The first-order valence-electron chi connectivity index (χ1n) is 8.21. The highest BCUT2D eigenvalue weighted by molar-refractivity contribution is 8.00. The Morgan fingerprint density at radius 2 is 1.67 bits per heavy atom. The first-order valence-corrected chi connectivity index (χ1v) is 9.09. The number of oxazole rings is 1. The lowest BCUT2D eigenvalue weighted by atomic mass is 10.1. The third-order valence-electron chi connectivity index (χ3n) is 3.91. The second-order valence-corrected chi connectivity index (χ2v) is 7.01. The van der Waals surface area contributed by atoms with Gasteiger partial charge < -0.3 is 19.0 Å². The Labute approximate surface area is 161 Å². The topological polar surface area (TPSA) is 81.8 Å². The first-order chi connectivity index (χ1) is 13.0. The SMILES string of the molecule is COc1cccc(-c2nc(SC(C)C(=O)O)oc2-c2cccc(OC)c2)c1. The maximum atomic E-state index is 11.2. The fraction of sp³-hybridized carbons (Fsp3) is 0.200. The van der Waals surface area contributed by atoms with E-state index in [0.29, 0.717) is 28.2 Å². The van der Waals surface area contributed by atoms with E-state index in [9.17, 15) is 4.79 Å². The van der Waals surface area contributed by atoms with Gasteiger partial charge in [0.25, 0.3) is 5.22 Å². The standard InChI is InChI=1S/C20H19NO5S/c1-12(19(22)23)27-20-21-17(13-6-4-8-15(10-13)24-2)18(26-20)14-7-5-9-16(11-14)25-3/h4-12H,1-3H3,(H,22,23). The zero-order valence-electron chi connectivity index (χ0n) is 15.1. The predicted octanol–water partition coefficient (Wildman–Crippen LogP) is 4.59. The van der Waals surface area contributed by atoms with E-state index < -0.39 is 11.2 Å². The van der Waals surface area contributed by atoms with Crippen LogP contribution in [-0.4, -0.2) is 35.5 Å². The molecular weight excluding hydrogens is 366 g/mol. The van der Waals surface area contributed by atoms with Crippen LogP contribution in [0.1, 0.15) is 6.92 Å². The van der Waals surface area contributed by atoms with Gasteiger partial charge in [-0.25, -0.2) is 4.98 Å². The van der Waals surface area contributed by atoms with Crippen molar-refractivity contribution in [1.29, 1.82) is 0 Å². The molecule has 1 aromatic heterocycles. The van der Waals surface area contributed by atoms with Crippen LogP contribution in [0.2, 0.25) is 0 Å². The van der Waals surface area contributed by atoms with Crippen molar-refractivity contribution >= 4 is 17.7 Å². The van der Waals surface area contributed by atoms with E-state index in [1.807, 2.05) is 48.5 Å². The number of rotatable bonds is 7. The number of thioether (sulfide) groups is 1. The van der Waals surface area contributed by atoms with Crippen LogP contribution in [0.3, 0.4) is 0 Å². The van der Waals surface area contributed by atoms with Gasteiger partial charge in [-0.15, -0.1) is 0 Å². The number of hydrogen-bond acceptors (Lipinski definition) is 6. The van der Waals surface area contributed by atoms with Gasteiger partial charge in [0.2, 0.25) is 0 Å². The second-order valence-electron chi connectivity index (χ2n) is 5.72. The Bertz CT molecular complexity index is 888. The number of carboxylic acids is 1. The number of aromatic nitrogens is 1. The lowest BCUT2D eigenvalue weighted by Crippen LogP contribution is -2.10. The van der Waals surface area contributed by atoms with Crippen LogP contribution in [0.4, 0.5) is 0 Å². The van der Waals surface area contributed by atoms with Crippen LogP contribution >= 0.6 is 11.8 Å². The van der Waals surface area contributed by atoms with Crippen molar-refractivity contribution in [3.8, 4) is 34.1 Å². The first kappa shape index (κ1) is 18.8. The van der Waals surface area contributed by atoms with Crippen molar-refractivity contribution in [1.82, 2.24) is 4.98 Å². The van der Waals surface area contributed by atoms with Gasteiger partial charge in [-0.1, -0.05) is 36.0 Å². The molecule has 1 N–H and O–H groups in total. The average molecular weight is 385 g/mol. The summed E-state index contributed by atoms with van der Waals surface area (Å²) < 4.78 is 16.5. The van der Waals surface area contributed by atoms with E-state index in [4.69, 9.17) is 19.0 Å². The minimum Gasteiger partial charge on any atom is -0.497 e. The van der Waals surface area contributed by atoms with E-state index in [1.165, 1.54) is 0 Å². The summed E-state index contributed by atoms with van der Waals surface area (Å²) in [5, 5.41) is 8.78. The van der Waals surface area contributed by atoms with Gasteiger partial charge >= 0.3 is 5.97 Å². The Kier molecular flexibility index (Phi) is 5.71. The molecule has 1 unspecified atom stereocenters. The highest BCUT2D eigenvalue weighted by Crippen LogP contribution is 2.38. The van der Waals surface area contributed by atoms with E-state index in [1.54, 1.807) is 21.1 Å². The third-order valence-corrected chi connectivity index (χ3v) is 4.84. The summed E-state index contributed by atoms with van der Waals surface area (Å²) in [6.07, 6.45) is 0. The van der Waals surface area contributed by atoms with Gasteiger partial charge in [-0.05, 0) is 31.2 Å². The Morgan fingerprint density at radius 1 is 1.07 bits per heavy atom. The van der Waals surface area contributed by atoms with E-state index in [-0.39, 0.29) is 0 Å². The van der Waals surface area contributed by atoms with E-state index in [2.05, 4.69) is 4.98 Å². The molecule has 3 aromatic rings. The molecule has 0 radical (unpaired) electrons. The molecular formula is C20H19NO5S. The molecule has 0 aliphatic heterocycles. The number of methoxy groups -OCH3 is 2. The lowest BCUT2D eigenvalue weighted by molar-refractivity contribution is -0.136. The highest BCUT2D eigenvalue weighted by Gasteiger charge is 2.22. The highest BCUT2D eigenvalue weighted by atomic mass is 32.2. The molecule has 27 heavy (non-hydrogen) atoms. The molecule has 7 heteroatoms. The number of carbonyl (C=O) groups is 1. The smallest absolute Gasteiger partial charge is 0.316 e. The van der Waals surface area contributed by atoms with Crippen LogP contribution in [-0.2, 0) is 4.79 Å². The fourth-order valence-corrected chi connectivity index (χ4v) is 3.16. The van der Waals surface area contributed by atoms with Crippen LogP contribution in [0.5, 0.6) is 11.5 Å². The van der Waals surface area contributed by atoms with Crippen molar-refractivity contribution in [3.63, 3.8) is 0 Å². The van der Waals surface area contributed by atoms with E-state index >= 15 is 0 Å². The van der Waals surface area contributed by atoms with Gasteiger partial charge in [-0.2, -0.15) is 0 Å². The normalized spacial score (nSPS) is 11.8. The molecule has 140 valence electrons. The molecule has 1 heterocycles. The number of ether oxygens (including phenoxy) is 2. The molecule has 0 bridgehead atoms. The molecule has 0 amide bonds. The largest absolute Gasteiger partial charge is 0.497 e. The fourth-order valence-electron chi connectivity index (χ4n) is 2.48.